The Morgan fingerprint density at radius 3 is 2.67 bits per heavy atom. The third kappa shape index (κ3) is 3.63. The molecule has 1 aliphatic heterocycles. The number of hydrogen-bond donors (Lipinski definition) is 1. The molecular weight excluding hydrogens is 388 g/mol. The van der Waals surface area contributed by atoms with Crippen molar-refractivity contribution in [1.82, 2.24) is 4.98 Å². The van der Waals surface area contributed by atoms with Gasteiger partial charge < -0.3 is 9.64 Å². The van der Waals surface area contributed by atoms with Crippen molar-refractivity contribution in [2.75, 3.05) is 24.3 Å². The minimum atomic E-state index is -3.95. The second-order valence-corrected chi connectivity index (χ2v) is 9.47. The van der Waals surface area contributed by atoms with Crippen molar-refractivity contribution in [3.05, 3.63) is 52.7 Å². The molecular formula is C19H21ClN2O4S. The molecule has 1 saturated carbocycles. The van der Waals surface area contributed by atoms with Crippen LogP contribution in [0.5, 0.6) is 5.75 Å². The van der Waals surface area contributed by atoms with Crippen molar-refractivity contribution >= 4 is 27.5 Å². The van der Waals surface area contributed by atoms with E-state index in [0.29, 0.717) is 24.4 Å². The zero-order valence-corrected chi connectivity index (χ0v) is 16.5. The lowest BCUT2D eigenvalue weighted by Crippen LogP contribution is -2.47. The SMILES string of the molecule is COc1ccc(CN2C[C@]3(C[C@H](CS(=O)(=O)O)C3)c3cc(Cl)cnc32)cc1. The largest absolute Gasteiger partial charge is 0.497 e. The molecule has 2 aliphatic rings. The molecule has 144 valence electrons. The summed E-state index contributed by atoms with van der Waals surface area (Å²) in [5, 5.41) is 0.581. The van der Waals surface area contributed by atoms with Crippen LogP contribution in [0.15, 0.2) is 36.5 Å². The Morgan fingerprint density at radius 2 is 2.04 bits per heavy atom. The topological polar surface area (TPSA) is 79.7 Å². The van der Waals surface area contributed by atoms with Crippen LogP contribution < -0.4 is 9.64 Å². The van der Waals surface area contributed by atoms with Gasteiger partial charge in [0.05, 0.1) is 17.9 Å². The van der Waals surface area contributed by atoms with Crippen molar-refractivity contribution in [3.8, 4) is 5.75 Å². The second-order valence-electron chi connectivity index (χ2n) is 7.53. The van der Waals surface area contributed by atoms with E-state index in [2.05, 4.69) is 9.88 Å². The maximum Gasteiger partial charge on any atom is 0.265 e. The third-order valence-electron chi connectivity index (χ3n) is 5.54. The lowest BCUT2D eigenvalue weighted by atomic mass is 9.60. The van der Waals surface area contributed by atoms with E-state index in [1.807, 2.05) is 30.3 Å². The first-order valence-corrected chi connectivity index (χ1v) is 10.8. The van der Waals surface area contributed by atoms with Gasteiger partial charge in [-0.25, -0.2) is 4.98 Å². The first-order valence-electron chi connectivity index (χ1n) is 8.77. The zero-order chi connectivity index (χ0) is 19.2. The van der Waals surface area contributed by atoms with Crippen LogP contribution in [0.1, 0.15) is 24.0 Å². The molecule has 1 spiro atoms. The first kappa shape index (κ1) is 18.5. The maximum atomic E-state index is 11.2. The zero-order valence-electron chi connectivity index (χ0n) is 14.9. The summed E-state index contributed by atoms with van der Waals surface area (Å²) in [5.41, 5.74) is 2.08. The van der Waals surface area contributed by atoms with Gasteiger partial charge in [-0.3, -0.25) is 4.55 Å². The Kier molecular flexibility index (Phi) is 4.56. The first-order chi connectivity index (χ1) is 12.8. The summed E-state index contributed by atoms with van der Waals surface area (Å²) in [7, 11) is -2.31. The molecule has 6 nitrogen and oxygen atoms in total. The van der Waals surface area contributed by atoms with Crippen LogP contribution in [-0.2, 0) is 22.1 Å². The number of halogens is 1. The highest BCUT2D eigenvalue weighted by atomic mass is 35.5. The number of fused-ring (bicyclic) bond motifs is 2. The van der Waals surface area contributed by atoms with Crippen LogP contribution in [0, 0.1) is 5.92 Å². The van der Waals surface area contributed by atoms with E-state index in [4.69, 9.17) is 20.9 Å². The van der Waals surface area contributed by atoms with E-state index >= 15 is 0 Å². The summed E-state index contributed by atoms with van der Waals surface area (Å²) in [6.07, 6.45) is 3.07. The molecule has 0 saturated heterocycles. The number of benzene rings is 1. The van der Waals surface area contributed by atoms with Crippen molar-refractivity contribution in [2.45, 2.75) is 24.8 Å². The Hall–Kier alpha value is -1.83. The number of ether oxygens (including phenoxy) is 1. The van der Waals surface area contributed by atoms with Crippen molar-refractivity contribution in [2.24, 2.45) is 5.92 Å². The molecule has 0 atom stereocenters. The van der Waals surface area contributed by atoms with Crippen LogP contribution in [0.3, 0.4) is 0 Å². The highest BCUT2D eigenvalue weighted by Gasteiger charge is 2.53. The molecule has 27 heavy (non-hydrogen) atoms. The quantitative estimate of drug-likeness (QED) is 0.764. The molecule has 1 aromatic heterocycles. The van der Waals surface area contributed by atoms with Crippen LogP contribution in [0.25, 0.3) is 0 Å². The van der Waals surface area contributed by atoms with Crippen molar-refractivity contribution in [3.63, 3.8) is 0 Å². The molecule has 1 fully saturated rings. The summed E-state index contributed by atoms with van der Waals surface area (Å²) in [4.78, 5) is 6.77. The smallest absolute Gasteiger partial charge is 0.265 e. The van der Waals surface area contributed by atoms with E-state index in [9.17, 15) is 8.42 Å². The van der Waals surface area contributed by atoms with Crippen LogP contribution in [-0.4, -0.2) is 37.4 Å². The number of hydrogen-bond acceptors (Lipinski definition) is 5. The van der Waals surface area contributed by atoms with E-state index in [0.717, 1.165) is 29.2 Å². The fraction of sp³-hybridized carbons (Fsp3) is 0.421. The number of rotatable bonds is 5. The number of aromatic nitrogens is 1. The third-order valence-corrected chi connectivity index (χ3v) is 6.63. The lowest BCUT2D eigenvalue weighted by molar-refractivity contribution is 0.172. The molecule has 0 amide bonds. The van der Waals surface area contributed by atoms with Crippen molar-refractivity contribution < 1.29 is 17.7 Å². The summed E-state index contributed by atoms with van der Waals surface area (Å²) >= 11 is 6.19. The highest BCUT2D eigenvalue weighted by Crippen LogP contribution is 2.55. The standard InChI is InChI=1S/C19H21ClN2O4S/c1-26-16-4-2-13(3-5-16)10-22-12-19(7-14(8-19)11-27(23,24)25)17-6-15(20)9-21-18(17)22/h2-6,9,14H,7-8,10-12H2,1H3,(H,23,24,25)/t14-,19+. The van der Waals surface area contributed by atoms with Gasteiger partial charge in [-0.05, 0) is 42.5 Å². The van der Waals surface area contributed by atoms with Crippen LogP contribution in [0.2, 0.25) is 5.02 Å². The van der Waals surface area contributed by atoms with Gasteiger partial charge in [0.15, 0.2) is 0 Å². The predicted molar refractivity (Wildman–Crippen MR) is 104 cm³/mol. The van der Waals surface area contributed by atoms with Gasteiger partial charge in [0.2, 0.25) is 0 Å². The minimum Gasteiger partial charge on any atom is -0.497 e. The summed E-state index contributed by atoms with van der Waals surface area (Å²) in [5.74, 6) is 1.50. The molecule has 0 radical (unpaired) electrons. The van der Waals surface area contributed by atoms with Gasteiger partial charge in [-0.1, -0.05) is 23.7 Å². The lowest BCUT2D eigenvalue weighted by Gasteiger charge is -2.45. The average molecular weight is 409 g/mol. The highest BCUT2D eigenvalue weighted by molar-refractivity contribution is 7.85. The summed E-state index contributed by atoms with van der Waals surface area (Å²) < 4.78 is 36.7. The normalized spacial score (nSPS) is 24.0. The van der Waals surface area contributed by atoms with Gasteiger partial charge in [0.25, 0.3) is 10.1 Å². The molecule has 4 rings (SSSR count). The Balaban J connectivity index is 1.57. The molecule has 2 heterocycles. The average Bonchev–Trinajstić information content (AvgIpc) is 2.88. The van der Waals surface area contributed by atoms with Gasteiger partial charge in [0.1, 0.15) is 11.6 Å². The monoisotopic (exact) mass is 408 g/mol. The summed E-state index contributed by atoms with van der Waals surface area (Å²) in [6, 6.07) is 9.87. The molecule has 2 aromatic rings. The van der Waals surface area contributed by atoms with Crippen LogP contribution in [0.4, 0.5) is 5.82 Å². The Morgan fingerprint density at radius 1 is 1.33 bits per heavy atom. The number of anilines is 1. The van der Waals surface area contributed by atoms with Gasteiger partial charge in [-0.2, -0.15) is 8.42 Å². The fourth-order valence-corrected chi connectivity index (χ4v) is 5.48. The van der Waals surface area contributed by atoms with E-state index < -0.39 is 10.1 Å². The van der Waals surface area contributed by atoms with Crippen LogP contribution >= 0.6 is 11.6 Å². The van der Waals surface area contributed by atoms with Gasteiger partial charge in [0, 0.05) is 30.3 Å². The molecule has 0 unspecified atom stereocenters. The Bertz CT molecular complexity index is 956. The molecule has 1 aromatic carbocycles. The molecule has 1 aliphatic carbocycles. The van der Waals surface area contributed by atoms with Gasteiger partial charge in [-0.15, -0.1) is 0 Å². The summed E-state index contributed by atoms with van der Waals surface area (Å²) in [6.45, 7) is 1.47. The second kappa shape index (κ2) is 6.65. The van der Waals surface area contributed by atoms with E-state index in [1.165, 1.54) is 0 Å². The number of methoxy groups -OCH3 is 1. The van der Waals surface area contributed by atoms with E-state index in [-0.39, 0.29) is 17.1 Å². The Labute approximate surface area is 163 Å². The van der Waals surface area contributed by atoms with E-state index in [1.54, 1.807) is 13.3 Å². The predicted octanol–water partition coefficient (Wildman–Crippen LogP) is 3.30. The molecule has 0 bridgehead atoms. The fourth-order valence-electron chi connectivity index (χ4n) is 4.49. The number of nitrogens with zero attached hydrogens (tertiary/aromatic N) is 2. The van der Waals surface area contributed by atoms with Gasteiger partial charge >= 0.3 is 0 Å². The maximum absolute atomic E-state index is 11.2. The van der Waals surface area contributed by atoms with Crippen molar-refractivity contribution in [1.29, 1.82) is 0 Å². The molecule has 1 N–H and O–H groups in total. The molecule has 8 heteroatoms. The number of pyridine rings is 1. The minimum absolute atomic E-state index is 0.0345.